The van der Waals surface area contributed by atoms with E-state index in [0.29, 0.717) is 12.2 Å². The second-order valence-corrected chi connectivity index (χ2v) is 3.38. The molecule has 1 aromatic heterocycles. The minimum Gasteiger partial charge on any atom is -0.464 e. The summed E-state index contributed by atoms with van der Waals surface area (Å²) in [4.78, 5) is 15.4. The molecule has 0 bridgehead atoms. The molecule has 82 valence electrons. The molecule has 0 saturated carbocycles. The lowest BCUT2D eigenvalue weighted by Crippen LogP contribution is -2.10. The van der Waals surface area contributed by atoms with Crippen LogP contribution in [-0.2, 0) is 11.3 Å². The molecule has 0 amide bonds. The van der Waals surface area contributed by atoms with Crippen molar-refractivity contribution in [3.63, 3.8) is 0 Å². The van der Waals surface area contributed by atoms with Gasteiger partial charge >= 0.3 is 5.97 Å². The van der Waals surface area contributed by atoms with E-state index >= 15 is 0 Å². The van der Waals surface area contributed by atoms with Crippen molar-refractivity contribution in [2.45, 2.75) is 6.54 Å². The number of carbonyl (C=O) groups excluding carboxylic acids is 1. The number of methoxy groups -OCH3 is 1. The first kappa shape index (κ1) is 10.4. The second-order valence-electron chi connectivity index (χ2n) is 3.38. The van der Waals surface area contributed by atoms with Crippen molar-refractivity contribution in [3.8, 4) is 0 Å². The maximum absolute atomic E-state index is 11.4. The van der Waals surface area contributed by atoms with Crippen molar-refractivity contribution < 1.29 is 9.53 Å². The van der Waals surface area contributed by atoms with E-state index in [9.17, 15) is 4.79 Å². The number of aromatic nitrogens is 2. The fraction of sp³-hybridized carbons (Fsp3) is 0.167. The Hall–Kier alpha value is -2.10. The van der Waals surface area contributed by atoms with Gasteiger partial charge in [-0.1, -0.05) is 30.3 Å². The minimum absolute atomic E-state index is 0.367. The molecule has 4 nitrogen and oxygen atoms in total. The number of carbonyl (C=O) groups is 1. The van der Waals surface area contributed by atoms with Gasteiger partial charge in [-0.3, -0.25) is 0 Å². The lowest BCUT2D eigenvalue weighted by Gasteiger charge is -2.06. The number of nitrogens with zero attached hydrogens (tertiary/aromatic N) is 2. The van der Waals surface area contributed by atoms with Crippen molar-refractivity contribution in [3.05, 3.63) is 54.1 Å². The number of rotatable bonds is 3. The summed E-state index contributed by atoms with van der Waals surface area (Å²) in [6, 6.07) is 9.88. The molecule has 2 aromatic rings. The highest BCUT2D eigenvalue weighted by molar-refractivity contribution is 5.87. The predicted molar refractivity (Wildman–Crippen MR) is 59.1 cm³/mol. The summed E-state index contributed by atoms with van der Waals surface area (Å²) < 4.78 is 6.44. The third-order valence-electron chi connectivity index (χ3n) is 2.30. The molecule has 1 aromatic carbocycles. The van der Waals surface area contributed by atoms with Crippen LogP contribution in [0.4, 0.5) is 0 Å². The van der Waals surface area contributed by atoms with E-state index in [4.69, 9.17) is 0 Å². The molecule has 0 saturated heterocycles. The van der Waals surface area contributed by atoms with Gasteiger partial charge in [0.2, 0.25) is 0 Å². The molecule has 0 unspecified atom stereocenters. The molecule has 0 atom stereocenters. The Kier molecular flexibility index (Phi) is 3.00. The molecule has 0 radical (unpaired) electrons. The van der Waals surface area contributed by atoms with E-state index in [2.05, 4.69) is 9.72 Å². The summed E-state index contributed by atoms with van der Waals surface area (Å²) >= 11 is 0. The first-order chi connectivity index (χ1) is 7.81. The zero-order valence-electron chi connectivity index (χ0n) is 8.96. The van der Waals surface area contributed by atoms with Crippen LogP contribution in [0.3, 0.4) is 0 Å². The van der Waals surface area contributed by atoms with Gasteiger partial charge in [0.05, 0.1) is 19.6 Å². The van der Waals surface area contributed by atoms with E-state index in [1.54, 1.807) is 10.9 Å². The standard InChI is InChI=1S/C12H12N2O2/c1-16-12(15)11-7-13-9-14(11)8-10-5-3-2-4-6-10/h2-7,9H,8H2,1H3/i1-1. The fourth-order valence-electron chi connectivity index (χ4n) is 1.50. The molecule has 0 N–H and O–H groups in total. The van der Waals surface area contributed by atoms with Crippen LogP contribution in [0.5, 0.6) is 0 Å². The SMILES string of the molecule is [11CH3]OC(=O)c1cncn1Cc1ccccc1. The van der Waals surface area contributed by atoms with E-state index in [0.717, 1.165) is 5.56 Å². The van der Waals surface area contributed by atoms with Gasteiger partial charge < -0.3 is 9.30 Å². The zero-order valence-corrected chi connectivity index (χ0v) is 8.96. The Bertz CT molecular complexity index is 477. The molecule has 2 rings (SSSR count). The normalized spacial score (nSPS) is 10.1. The molecular weight excluding hydrogens is 203 g/mol. The summed E-state index contributed by atoms with van der Waals surface area (Å²) in [7, 11) is 1.36. The number of benzene rings is 1. The Labute approximate surface area is 93.5 Å². The highest BCUT2D eigenvalue weighted by Gasteiger charge is 2.11. The zero-order chi connectivity index (χ0) is 11.4. The number of imidazole rings is 1. The predicted octanol–water partition coefficient (Wildman–Crippen LogP) is 1.72. The average Bonchev–Trinajstić information content (AvgIpc) is 2.77. The quantitative estimate of drug-likeness (QED) is 0.732. The molecule has 0 spiro atoms. The number of hydrogen-bond donors (Lipinski definition) is 0. The summed E-state index contributed by atoms with van der Waals surface area (Å²) in [5.41, 5.74) is 1.58. The van der Waals surface area contributed by atoms with E-state index in [-0.39, 0.29) is 5.97 Å². The van der Waals surface area contributed by atoms with E-state index in [1.807, 2.05) is 30.3 Å². The van der Waals surface area contributed by atoms with Crippen LogP contribution in [0.1, 0.15) is 16.1 Å². The molecule has 0 fully saturated rings. The van der Waals surface area contributed by atoms with E-state index in [1.165, 1.54) is 13.3 Å². The fourth-order valence-corrected chi connectivity index (χ4v) is 1.50. The van der Waals surface area contributed by atoms with Crippen molar-refractivity contribution in [1.29, 1.82) is 0 Å². The van der Waals surface area contributed by atoms with Crippen molar-refractivity contribution in [2.75, 3.05) is 7.11 Å². The molecule has 4 heteroatoms. The number of ether oxygens (including phenoxy) is 1. The van der Waals surface area contributed by atoms with Gasteiger partial charge in [-0.25, -0.2) is 9.78 Å². The molecule has 0 aliphatic carbocycles. The van der Waals surface area contributed by atoms with Crippen molar-refractivity contribution in [1.82, 2.24) is 9.55 Å². The minimum atomic E-state index is -0.367. The van der Waals surface area contributed by atoms with Crippen molar-refractivity contribution in [2.24, 2.45) is 0 Å². The van der Waals surface area contributed by atoms with E-state index < -0.39 is 0 Å². The largest absolute Gasteiger partial charge is 0.464 e. The lowest BCUT2D eigenvalue weighted by molar-refractivity contribution is 0.0589. The van der Waals surface area contributed by atoms with Gasteiger partial charge in [0.15, 0.2) is 0 Å². The van der Waals surface area contributed by atoms with Gasteiger partial charge in [0.1, 0.15) is 5.69 Å². The van der Waals surface area contributed by atoms with Crippen LogP contribution in [0.25, 0.3) is 0 Å². The highest BCUT2D eigenvalue weighted by atomic mass is 16.5. The maximum atomic E-state index is 11.4. The molecular formula is C12H12N2O2. The highest BCUT2D eigenvalue weighted by Crippen LogP contribution is 2.06. The smallest absolute Gasteiger partial charge is 0.356 e. The van der Waals surface area contributed by atoms with Crippen molar-refractivity contribution >= 4 is 5.97 Å². The summed E-state index contributed by atoms with van der Waals surface area (Å²) in [6.45, 7) is 0.616. The third kappa shape index (κ3) is 2.11. The first-order valence-electron chi connectivity index (χ1n) is 4.93. The van der Waals surface area contributed by atoms with Gasteiger partial charge in [-0.05, 0) is 5.56 Å². The molecule has 0 aliphatic heterocycles. The Morgan fingerprint density at radius 3 is 2.81 bits per heavy atom. The Morgan fingerprint density at radius 1 is 1.38 bits per heavy atom. The van der Waals surface area contributed by atoms with Crippen LogP contribution in [-0.4, -0.2) is 22.6 Å². The van der Waals surface area contributed by atoms with Gasteiger partial charge in [-0.2, -0.15) is 0 Å². The topological polar surface area (TPSA) is 44.1 Å². The first-order valence-corrected chi connectivity index (χ1v) is 4.93. The molecule has 16 heavy (non-hydrogen) atoms. The van der Waals surface area contributed by atoms with Crippen LogP contribution in [0, 0.1) is 0 Å². The summed E-state index contributed by atoms with van der Waals surface area (Å²) in [6.07, 6.45) is 3.13. The summed E-state index contributed by atoms with van der Waals surface area (Å²) in [5.74, 6) is -0.367. The lowest BCUT2D eigenvalue weighted by atomic mass is 10.2. The maximum Gasteiger partial charge on any atom is 0.356 e. The van der Waals surface area contributed by atoms with Gasteiger partial charge in [-0.15, -0.1) is 0 Å². The van der Waals surface area contributed by atoms with Gasteiger partial charge in [0.25, 0.3) is 0 Å². The monoisotopic (exact) mass is 215 g/mol. The van der Waals surface area contributed by atoms with Gasteiger partial charge in [0, 0.05) is 6.54 Å². The van der Waals surface area contributed by atoms with Crippen LogP contribution >= 0.6 is 0 Å². The van der Waals surface area contributed by atoms with Crippen LogP contribution in [0.2, 0.25) is 0 Å². The number of esters is 1. The summed E-state index contributed by atoms with van der Waals surface area (Å²) in [5, 5.41) is 0. The van der Waals surface area contributed by atoms with Crippen LogP contribution in [0.15, 0.2) is 42.9 Å². The second kappa shape index (κ2) is 4.61. The third-order valence-corrected chi connectivity index (χ3v) is 2.30. The average molecular weight is 215 g/mol. The Morgan fingerprint density at radius 2 is 2.12 bits per heavy atom. The Balaban J connectivity index is 2.22. The van der Waals surface area contributed by atoms with Crippen LogP contribution < -0.4 is 0 Å². The molecule has 1 heterocycles. The number of hydrogen-bond acceptors (Lipinski definition) is 3. The molecule has 0 aliphatic rings.